The van der Waals surface area contributed by atoms with E-state index < -0.39 is 0 Å². The molecule has 1 heterocycles. The lowest BCUT2D eigenvalue weighted by Gasteiger charge is -2.27. The lowest BCUT2D eigenvalue weighted by atomic mass is 9.79. The van der Waals surface area contributed by atoms with E-state index in [9.17, 15) is 0 Å². The fourth-order valence-corrected chi connectivity index (χ4v) is 2.51. The van der Waals surface area contributed by atoms with Gasteiger partial charge in [-0.1, -0.05) is 39.0 Å². The SMILES string of the molecule is CC(CC1CO1)C1CCCCC1. The Morgan fingerprint density at radius 3 is 2.50 bits per heavy atom. The summed E-state index contributed by atoms with van der Waals surface area (Å²) in [4.78, 5) is 0. The van der Waals surface area contributed by atoms with Gasteiger partial charge in [-0.2, -0.15) is 0 Å². The molecule has 12 heavy (non-hydrogen) atoms. The lowest BCUT2D eigenvalue weighted by Crippen LogP contribution is -2.16. The van der Waals surface area contributed by atoms with Gasteiger partial charge in [-0.25, -0.2) is 0 Å². The minimum Gasteiger partial charge on any atom is -0.373 e. The molecule has 2 unspecified atom stereocenters. The Hall–Kier alpha value is -0.0400. The standard InChI is InChI=1S/C11H20O/c1-9(7-11-8-12-11)10-5-3-2-4-6-10/h9-11H,2-8H2,1H3. The van der Waals surface area contributed by atoms with E-state index in [4.69, 9.17) is 4.74 Å². The Kier molecular flexibility index (Phi) is 2.69. The van der Waals surface area contributed by atoms with E-state index in [1.165, 1.54) is 38.5 Å². The van der Waals surface area contributed by atoms with Crippen LogP contribution in [0.5, 0.6) is 0 Å². The minimum absolute atomic E-state index is 0.641. The number of hydrogen-bond donors (Lipinski definition) is 0. The normalized spacial score (nSPS) is 33.2. The third-order valence-electron chi connectivity index (χ3n) is 3.49. The smallest absolute Gasteiger partial charge is 0.0812 e. The predicted octanol–water partition coefficient (Wildman–Crippen LogP) is 2.99. The summed E-state index contributed by atoms with van der Waals surface area (Å²) in [5.41, 5.74) is 0. The molecule has 0 N–H and O–H groups in total. The van der Waals surface area contributed by atoms with Crippen LogP contribution in [0, 0.1) is 11.8 Å². The highest BCUT2D eigenvalue weighted by Gasteiger charge is 2.28. The van der Waals surface area contributed by atoms with Crippen LogP contribution in [0.15, 0.2) is 0 Å². The van der Waals surface area contributed by atoms with Crippen molar-refractivity contribution in [3.05, 3.63) is 0 Å². The first kappa shape index (κ1) is 8.55. The molecule has 0 radical (unpaired) electrons. The van der Waals surface area contributed by atoms with E-state index in [0.29, 0.717) is 6.10 Å². The van der Waals surface area contributed by atoms with Crippen LogP contribution < -0.4 is 0 Å². The van der Waals surface area contributed by atoms with Gasteiger partial charge in [0.25, 0.3) is 0 Å². The van der Waals surface area contributed by atoms with Gasteiger partial charge in [0.15, 0.2) is 0 Å². The first-order valence-corrected chi connectivity index (χ1v) is 5.48. The monoisotopic (exact) mass is 168 g/mol. The summed E-state index contributed by atoms with van der Waals surface area (Å²) < 4.78 is 5.27. The largest absolute Gasteiger partial charge is 0.373 e. The summed E-state index contributed by atoms with van der Waals surface area (Å²) in [6, 6.07) is 0. The Bertz CT molecular complexity index is 134. The van der Waals surface area contributed by atoms with Gasteiger partial charge in [-0.05, 0) is 18.3 Å². The van der Waals surface area contributed by atoms with E-state index in [1.54, 1.807) is 0 Å². The van der Waals surface area contributed by atoms with Crippen molar-refractivity contribution in [1.82, 2.24) is 0 Å². The van der Waals surface area contributed by atoms with Crippen LogP contribution in [0.3, 0.4) is 0 Å². The second kappa shape index (κ2) is 3.78. The maximum atomic E-state index is 5.27. The van der Waals surface area contributed by atoms with Crippen LogP contribution in [-0.2, 0) is 4.74 Å². The van der Waals surface area contributed by atoms with Gasteiger partial charge in [-0.3, -0.25) is 0 Å². The summed E-state index contributed by atoms with van der Waals surface area (Å²) in [6.45, 7) is 3.45. The average molecular weight is 168 g/mol. The molecule has 0 aromatic heterocycles. The van der Waals surface area contributed by atoms with E-state index in [1.807, 2.05) is 0 Å². The van der Waals surface area contributed by atoms with Crippen molar-refractivity contribution in [2.75, 3.05) is 6.61 Å². The van der Waals surface area contributed by atoms with Crippen molar-refractivity contribution in [3.8, 4) is 0 Å². The molecule has 0 spiro atoms. The maximum Gasteiger partial charge on any atom is 0.0812 e. The zero-order valence-electron chi connectivity index (χ0n) is 8.09. The third kappa shape index (κ3) is 2.22. The first-order valence-electron chi connectivity index (χ1n) is 5.48. The van der Waals surface area contributed by atoms with E-state index in [2.05, 4.69) is 6.92 Å². The molecule has 2 atom stereocenters. The molecular weight excluding hydrogens is 148 g/mol. The van der Waals surface area contributed by atoms with Crippen molar-refractivity contribution in [2.45, 2.75) is 51.6 Å². The molecule has 1 heteroatoms. The quantitative estimate of drug-likeness (QED) is 0.590. The van der Waals surface area contributed by atoms with E-state index >= 15 is 0 Å². The molecule has 0 bridgehead atoms. The summed E-state index contributed by atoms with van der Waals surface area (Å²) in [7, 11) is 0. The molecule has 0 aromatic rings. The Morgan fingerprint density at radius 2 is 1.92 bits per heavy atom. The zero-order chi connectivity index (χ0) is 8.39. The van der Waals surface area contributed by atoms with Crippen molar-refractivity contribution in [2.24, 2.45) is 11.8 Å². The predicted molar refractivity (Wildman–Crippen MR) is 50.1 cm³/mol. The second-order valence-electron chi connectivity index (χ2n) is 4.57. The van der Waals surface area contributed by atoms with Gasteiger partial charge in [-0.15, -0.1) is 0 Å². The fourth-order valence-electron chi connectivity index (χ4n) is 2.51. The number of hydrogen-bond acceptors (Lipinski definition) is 1. The topological polar surface area (TPSA) is 12.5 Å². The molecule has 1 aliphatic heterocycles. The fraction of sp³-hybridized carbons (Fsp3) is 1.00. The number of epoxide rings is 1. The molecule has 2 aliphatic rings. The van der Waals surface area contributed by atoms with Gasteiger partial charge in [0, 0.05) is 0 Å². The van der Waals surface area contributed by atoms with Gasteiger partial charge in [0.1, 0.15) is 0 Å². The van der Waals surface area contributed by atoms with Crippen molar-refractivity contribution in [3.63, 3.8) is 0 Å². The van der Waals surface area contributed by atoms with Crippen molar-refractivity contribution in [1.29, 1.82) is 0 Å². The molecular formula is C11H20O. The van der Waals surface area contributed by atoms with Crippen LogP contribution >= 0.6 is 0 Å². The molecule has 2 fully saturated rings. The van der Waals surface area contributed by atoms with Crippen LogP contribution in [0.1, 0.15) is 45.4 Å². The van der Waals surface area contributed by atoms with Gasteiger partial charge in [0.05, 0.1) is 12.7 Å². The Morgan fingerprint density at radius 1 is 1.25 bits per heavy atom. The lowest BCUT2D eigenvalue weighted by molar-refractivity contribution is 0.233. The zero-order valence-corrected chi connectivity index (χ0v) is 8.09. The second-order valence-corrected chi connectivity index (χ2v) is 4.57. The molecule has 1 nitrogen and oxygen atoms in total. The molecule has 2 rings (SSSR count). The highest BCUT2D eigenvalue weighted by atomic mass is 16.6. The molecule has 1 aliphatic carbocycles. The van der Waals surface area contributed by atoms with Gasteiger partial charge in [0.2, 0.25) is 0 Å². The van der Waals surface area contributed by atoms with Crippen molar-refractivity contribution < 1.29 is 4.74 Å². The summed E-state index contributed by atoms with van der Waals surface area (Å²) in [5.74, 6) is 1.93. The molecule has 70 valence electrons. The molecule has 0 aromatic carbocycles. The maximum absolute atomic E-state index is 5.27. The highest BCUT2D eigenvalue weighted by molar-refractivity contribution is 4.78. The highest BCUT2D eigenvalue weighted by Crippen LogP contribution is 2.34. The molecule has 1 saturated carbocycles. The Balaban J connectivity index is 1.72. The Labute approximate surface area is 75.5 Å². The van der Waals surface area contributed by atoms with Crippen LogP contribution in [0.2, 0.25) is 0 Å². The third-order valence-corrected chi connectivity index (χ3v) is 3.49. The number of ether oxygens (including phenoxy) is 1. The summed E-state index contributed by atoms with van der Waals surface area (Å²) in [5, 5.41) is 0. The van der Waals surface area contributed by atoms with Gasteiger partial charge < -0.3 is 4.74 Å². The summed E-state index contributed by atoms with van der Waals surface area (Å²) in [6.07, 6.45) is 9.35. The van der Waals surface area contributed by atoms with Gasteiger partial charge >= 0.3 is 0 Å². The molecule has 1 saturated heterocycles. The minimum atomic E-state index is 0.641. The average Bonchev–Trinajstić information content (AvgIpc) is 2.90. The first-order chi connectivity index (χ1) is 5.86. The molecule has 0 amide bonds. The number of rotatable bonds is 3. The van der Waals surface area contributed by atoms with Crippen LogP contribution in [-0.4, -0.2) is 12.7 Å². The van der Waals surface area contributed by atoms with Crippen molar-refractivity contribution >= 4 is 0 Å². The van der Waals surface area contributed by atoms with Crippen LogP contribution in [0.4, 0.5) is 0 Å². The summed E-state index contributed by atoms with van der Waals surface area (Å²) >= 11 is 0. The van der Waals surface area contributed by atoms with Crippen LogP contribution in [0.25, 0.3) is 0 Å². The van der Waals surface area contributed by atoms with E-state index in [0.717, 1.165) is 18.4 Å². The van der Waals surface area contributed by atoms with E-state index in [-0.39, 0.29) is 0 Å².